The highest BCUT2D eigenvalue weighted by Gasteiger charge is 2.23. The molecule has 0 amide bonds. The lowest BCUT2D eigenvalue weighted by molar-refractivity contribution is 0.0925. The molecule has 72 valence electrons. The van der Waals surface area contributed by atoms with E-state index in [1.165, 1.54) is 6.39 Å². The van der Waals surface area contributed by atoms with E-state index in [2.05, 4.69) is 10.3 Å². The van der Waals surface area contributed by atoms with Crippen LogP contribution in [-0.4, -0.2) is 18.6 Å². The Labute approximate surface area is 77.3 Å². The molecule has 1 unspecified atom stereocenters. The van der Waals surface area contributed by atoms with E-state index >= 15 is 0 Å². The van der Waals surface area contributed by atoms with Crippen LogP contribution in [0.4, 0.5) is 0 Å². The van der Waals surface area contributed by atoms with Crippen molar-refractivity contribution in [1.82, 2.24) is 10.3 Å². The van der Waals surface area contributed by atoms with Crippen LogP contribution >= 0.6 is 0 Å². The Bertz CT molecular complexity index is 266. The van der Waals surface area contributed by atoms with Crippen LogP contribution in [-0.2, 0) is 11.3 Å². The Kier molecular flexibility index (Phi) is 2.61. The minimum Gasteiger partial charge on any atom is -0.445 e. The predicted octanol–water partition coefficient (Wildman–Crippen LogP) is 1.25. The van der Waals surface area contributed by atoms with Crippen LogP contribution in [0.5, 0.6) is 0 Å². The average Bonchev–Trinajstić information content (AvgIpc) is 2.71. The van der Waals surface area contributed by atoms with Gasteiger partial charge in [-0.25, -0.2) is 4.98 Å². The van der Waals surface area contributed by atoms with E-state index < -0.39 is 0 Å². The maximum atomic E-state index is 5.52. The van der Waals surface area contributed by atoms with Gasteiger partial charge in [0.2, 0.25) is 0 Å². The predicted molar refractivity (Wildman–Crippen MR) is 47.2 cm³/mol. The third-order valence-electron chi connectivity index (χ3n) is 2.24. The van der Waals surface area contributed by atoms with E-state index in [1.54, 1.807) is 0 Å². The summed E-state index contributed by atoms with van der Waals surface area (Å²) in [6.07, 6.45) is 3.78. The first-order valence-corrected chi connectivity index (χ1v) is 4.60. The molecule has 0 aliphatic carbocycles. The van der Waals surface area contributed by atoms with E-state index in [0.29, 0.717) is 0 Å². The summed E-state index contributed by atoms with van der Waals surface area (Å²) in [5.41, 5.74) is 0.967. The lowest BCUT2D eigenvalue weighted by atomic mass is 10.1. The summed E-state index contributed by atoms with van der Waals surface area (Å²) in [4.78, 5) is 4.14. The van der Waals surface area contributed by atoms with Gasteiger partial charge in [0.25, 0.3) is 0 Å². The van der Waals surface area contributed by atoms with Crippen molar-refractivity contribution in [2.24, 2.45) is 0 Å². The van der Waals surface area contributed by atoms with Crippen molar-refractivity contribution in [3.05, 3.63) is 17.8 Å². The maximum Gasteiger partial charge on any atom is 0.181 e. The molecule has 1 atom stereocenters. The summed E-state index contributed by atoms with van der Waals surface area (Å²) in [5, 5.41) is 3.06. The molecule has 1 aromatic rings. The van der Waals surface area contributed by atoms with Crippen molar-refractivity contribution in [2.45, 2.75) is 25.5 Å². The molecule has 2 heterocycles. The third-order valence-corrected chi connectivity index (χ3v) is 2.24. The largest absolute Gasteiger partial charge is 0.445 e. The molecule has 4 nitrogen and oxygen atoms in total. The summed E-state index contributed by atoms with van der Waals surface area (Å²) in [6.45, 7) is 1.58. The van der Waals surface area contributed by atoms with Crippen LogP contribution in [0.15, 0.2) is 10.8 Å². The van der Waals surface area contributed by atoms with Crippen LogP contribution in [0.25, 0.3) is 0 Å². The number of hydrogen-bond donors (Lipinski definition) is 1. The SMILES string of the molecule is CNCc1ncoc1C1CCCO1. The van der Waals surface area contributed by atoms with E-state index in [1.807, 2.05) is 7.05 Å². The van der Waals surface area contributed by atoms with Gasteiger partial charge in [0.1, 0.15) is 6.10 Å². The molecule has 0 saturated carbocycles. The third kappa shape index (κ3) is 1.73. The molecule has 0 bridgehead atoms. The topological polar surface area (TPSA) is 47.3 Å². The average molecular weight is 182 g/mol. The van der Waals surface area contributed by atoms with Gasteiger partial charge in [0.05, 0.1) is 5.69 Å². The van der Waals surface area contributed by atoms with Gasteiger partial charge >= 0.3 is 0 Å². The van der Waals surface area contributed by atoms with Gasteiger partial charge < -0.3 is 14.5 Å². The second kappa shape index (κ2) is 3.89. The van der Waals surface area contributed by atoms with Crippen molar-refractivity contribution < 1.29 is 9.15 Å². The summed E-state index contributed by atoms with van der Waals surface area (Å²) in [5.74, 6) is 0.895. The first kappa shape index (κ1) is 8.72. The summed E-state index contributed by atoms with van der Waals surface area (Å²) in [7, 11) is 1.90. The lowest BCUT2D eigenvalue weighted by Gasteiger charge is -2.06. The molecule has 0 aromatic carbocycles. The van der Waals surface area contributed by atoms with Crippen LogP contribution < -0.4 is 5.32 Å². The Morgan fingerprint density at radius 1 is 1.69 bits per heavy atom. The number of rotatable bonds is 3. The molecule has 1 aliphatic rings. The van der Waals surface area contributed by atoms with Gasteiger partial charge in [0.15, 0.2) is 12.2 Å². The van der Waals surface area contributed by atoms with Gasteiger partial charge in [0, 0.05) is 13.2 Å². The number of aromatic nitrogens is 1. The van der Waals surface area contributed by atoms with Gasteiger partial charge in [-0.05, 0) is 19.9 Å². The zero-order valence-corrected chi connectivity index (χ0v) is 7.75. The highest BCUT2D eigenvalue weighted by molar-refractivity contribution is 5.11. The van der Waals surface area contributed by atoms with Gasteiger partial charge in [-0.3, -0.25) is 0 Å². The van der Waals surface area contributed by atoms with Crippen LogP contribution in [0.3, 0.4) is 0 Å². The molecule has 2 rings (SSSR count). The first-order chi connectivity index (χ1) is 6.42. The molecule has 1 N–H and O–H groups in total. The number of nitrogens with zero attached hydrogens (tertiary/aromatic N) is 1. The fraction of sp³-hybridized carbons (Fsp3) is 0.667. The van der Waals surface area contributed by atoms with E-state index in [0.717, 1.165) is 37.4 Å². The fourth-order valence-electron chi connectivity index (χ4n) is 1.62. The molecule has 1 aliphatic heterocycles. The monoisotopic (exact) mass is 182 g/mol. The smallest absolute Gasteiger partial charge is 0.181 e. The molecule has 4 heteroatoms. The van der Waals surface area contributed by atoms with Crippen LogP contribution in [0.2, 0.25) is 0 Å². The minimum atomic E-state index is 0.130. The van der Waals surface area contributed by atoms with Crippen LogP contribution in [0, 0.1) is 0 Å². The van der Waals surface area contributed by atoms with Gasteiger partial charge in [-0.2, -0.15) is 0 Å². The highest BCUT2D eigenvalue weighted by atomic mass is 16.5. The molecule has 13 heavy (non-hydrogen) atoms. The quantitative estimate of drug-likeness (QED) is 0.764. The Balaban J connectivity index is 2.13. The van der Waals surface area contributed by atoms with Crippen molar-refractivity contribution in [1.29, 1.82) is 0 Å². The van der Waals surface area contributed by atoms with E-state index in [9.17, 15) is 0 Å². The molecular weight excluding hydrogens is 168 g/mol. The summed E-state index contributed by atoms with van der Waals surface area (Å²) >= 11 is 0. The van der Waals surface area contributed by atoms with E-state index in [-0.39, 0.29) is 6.10 Å². The van der Waals surface area contributed by atoms with Crippen molar-refractivity contribution in [3.8, 4) is 0 Å². The highest BCUT2D eigenvalue weighted by Crippen LogP contribution is 2.30. The fourth-order valence-corrected chi connectivity index (χ4v) is 1.62. The van der Waals surface area contributed by atoms with Gasteiger partial charge in [-0.15, -0.1) is 0 Å². The second-order valence-corrected chi connectivity index (χ2v) is 3.20. The van der Waals surface area contributed by atoms with Crippen LogP contribution in [0.1, 0.15) is 30.4 Å². The van der Waals surface area contributed by atoms with E-state index in [4.69, 9.17) is 9.15 Å². The number of hydrogen-bond acceptors (Lipinski definition) is 4. The van der Waals surface area contributed by atoms with Crippen molar-refractivity contribution >= 4 is 0 Å². The Morgan fingerprint density at radius 3 is 3.31 bits per heavy atom. The Hall–Kier alpha value is -0.870. The van der Waals surface area contributed by atoms with Crippen molar-refractivity contribution in [2.75, 3.05) is 13.7 Å². The zero-order valence-electron chi connectivity index (χ0n) is 7.75. The minimum absolute atomic E-state index is 0.130. The molecule has 0 spiro atoms. The molecule has 0 radical (unpaired) electrons. The normalized spacial score (nSPS) is 22.4. The summed E-state index contributed by atoms with van der Waals surface area (Å²) in [6, 6.07) is 0. The number of nitrogens with one attached hydrogen (secondary N) is 1. The zero-order chi connectivity index (χ0) is 9.10. The molecular formula is C9H14N2O2. The number of ether oxygens (including phenoxy) is 1. The molecule has 1 aromatic heterocycles. The molecule has 1 saturated heterocycles. The second-order valence-electron chi connectivity index (χ2n) is 3.20. The lowest BCUT2D eigenvalue weighted by Crippen LogP contribution is -2.09. The standard InChI is InChI=1S/C9H14N2O2/c1-10-5-7-9(13-6-11-7)8-3-2-4-12-8/h6,8,10H,2-5H2,1H3. The van der Waals surface area contributed by atoms with Crippen molar-refractivity contribution in [3.63, 3.8) is 0 Å². The number of oxazole rings is 1. The summed E-state index contributed by atoms with van der Waals surface area (Å²) < 4.78 is 10.8. The maximum absolute atomic E-state index is 5.52. The first-order valence-electron chi connectivity index (χ1n) is 4.60. The molecule has 1 fully saturated rings. The Morgan fingerprint density at radius 2 is 2.62 bits per heavy atom. The van der Waals surface area contributed by atoms with Gasteiger partial charge in [-0.1, -0.05) is 0 Å².